The second kappa shape index (κ2) is 8.49. The first-order chi connectivity index (χ1) is 13.0. The smallest absolute Gasteiger partial charge is 0.349 e. The maximum Gasteiger partial charge on any atom is 0.349 e. The van der Waals surface area contributed by atoms with Crippen LogP contribution in [0.15, 0.2) is 50.2 Å². The van der Waals surface area contributed by atoms with E-state index in [-0.39, 0.29) is 41.1 Å². The number of fused-ring (bicyclic) bond motifs is 1. The standard InChI is InChI=1S/C17H14F2N2O4S2/c18-16(19)27-12-6-9-26-13(12)15(23)25-8-3-7-21-14(22)10-4-1-2-5-11(10)20-17(21)24/h1-2,4-6,9,16H,3,7-8H2,(H,20,24). The molecule has 0 radical (unpaired) electrons. The lowest BCUT2D eigenvalue weighted by Crippen LogP contribution is -2.35. The molecule has 0 aliphatic carbocycles. The first-order valence-corrected chi connectivity index (χ1v) is 9.64. The molecule has 2 heterocycles. The number of ether oxygens (including phenoxy) is 1. The van der Waals surface area contributed by atoms with Crippen molar-refractivity contribution in [2.75, 3.05) is 6.61 Å². The number of esters is 1. The van der Waals surface area contributed by atoms with Gasteiger partial charge in [0.25, 0.3) is 11.3 Å². The molecule has 3 aromatic rings. The molecule has 0 bridgehead atoms. The van der Waals surface area contributed by atoms with E-state index in [4.69, 9.17) is 4.74 Å². The summed E-state index contributed by atoms with van der Waals surface area (Å²) in [6.45, 7) is 0.0174. The fourth-order valence-corrected chi connectivity index (χ4v) is 4.07. The van der Waals surface area contributed by atoms with E-state index < -0.39 is 23.0 Å². The zero-order chi connectivity index (χ0) is 19.4. The van der Waals surface area contributed by atoms with Crippen LogP contribution in [0.3, 0.4) is 0 Å². The molecule has 10 heteroatoms. The van der Waals surface area contributed by atoms with Gasteiger partial charge < -0.3 is 9.72 Å². The SMILES string of the molecule is O=C(OCCCn1c(=O)[nH]c2ccccc2c1=O)c1sccc1SC(F)F. The van der Waals surface area contributed by atoms with Crippen LogP contribution in [0.1, 0.15) is 16.1 Å². The average Bonchev–Trinajstić information content (AvgIpc) is 3.08. The van der Waals surface area contributed by atoms with Crippen LogP contribution in [0.5, 0.6) is 0 Å². The normalized spacial score (nSPS) is 11.2. The third-order valence-corrected chi connectivity index (χ3v) is 5.48. The predicted molar refractivity (Wildman–Crippen MR) is 99.9 cm³/mol. The number of benzene rings is 1. The molecular weight excluding hydrogens is 398 g/mol. The number of thiophene rings is 1. The van der Waals surface area contributed by atoms with Crippen LogP contribution in [0, 0.1) is 0 Å². The lowest BCUT2D eigenvalue weighted by molar-refractivity contribution is 0.0497. The lowest BCUT2D eigenvalue weighted by Gasteiger charge is -2.07. The van der Waals surface area contributed by atoms with Crippen LogP contribution in [-0.4, -0.2) is 27.9 Å². The summed E-state index contributed by atoms with van der Waals surface area (Å²) < 4.78 is 31.1. The van der Waals surface area contributed by atoms with Gasteiger partial charge in [0.05, 0.1) is 17.5 Å². The zero-order valence-electron chi connectivity index (χ0n) is 13.8. The molecule has 6 nitrogen and oxygen atoms in total. The molecule has 142 valence electrons. The molecule has 2 aromatic heterocycles. The minimum absolute atomic E-state index is 0.0474. The van der Waals surface area contributed by atoms with Crippen molar-refractivity contribution >= 4 is 40.0 Å². The molecule has 1 N–H and O–H groups in total. The number of thioether (sulfide) groups is 1. The maximum absolute atomic E-state index is 12.5. The molecule has 0 aliphatic heterocycles. The Bertz CT molecular complexity index is 1070. The minimum atomic E-state index is -2.63. The van der Waals surface area contributed by atoms with E-state index in [0.29, 0.717) is 10.9 Å². The number of nitrogens with zero attached hydrogens (tertiary/aromatic N) is 1. The number of aromatic nitrogens is 2. The van der Waals surface area contributed by atoms with Gasteiger partial charge in [-0.15, -0.1) is 11.3 Å². The molecular formula is C17H14F2N2O4S2. The monoisotopic (exact) mass is 412 g/mol. The van der Waals surface area contributed by atoms with Crippen molar-refractivity contribution in [3.8, 4) is 0 Å². The third-order valence-electron chi connectivity index (χ3n) is 3.68. The van der Waals surface area contributed by atoms with Crippen molar-refractivity contribution in [1.82, 2.24) is 9.55 Å². The van der Waals surface area contributed by atoms with Crippen LogP contribution in [0.4, 0.5) is 8.78 Å². The quantitative estimate of drug-likeness (QED) is 0.366. The Kier molecular flexibility index (Phi) is 6.07. The Morgan fingerprint density at radius 1 is 1.26 bits per heavy atom. The number of para-hydroxylation sites is 1. The van der Waals surface area contributed by atoms with Crippen molar-refractivity contribution in [3.05, 3.63) is 61.4 Å². The fourth-order valence-electron chi connectivity index (χ4n) is 2.49. The van der Waals surface area contributed by atoms with Gasteiger partial charge in [0, 0.05) is 11.4 Å². The Morgan fingerprint density at radius 3 is 2.81 bits per heavy atom. The average molecular weight is 412 g/mol. The summed E-state index contributed by atoms with van der Waals surface area (Å²) in [6, 6.07) is 8.10. The van der Waals surface area contributed by atoms with Crippen molar-refractivity contribution in [1.29, 1.82) is 0 Å². The number of aromatic amines is 1. The summed E-state index contributed by atoms with van der Waals surface area (Å²) in [5.41, 5.74) is -0.509. The summed E-state index contributed by atoms with van der Waals surface area (Å²) in [6.07, 6.45) is 0.232. The molecule has 27 heavy (non-hydrogen) atoms. The highest BCUT2D eigenvalue weighted by atomic mass is 32.2. The number of H-pyrrole nitrogens is 1. The summed E-state index contributed by atoms with van der Waals surface area (Å²) in [4.78, 5) is 39.3. The van der Waals surface area contributed by atoms with Crippen molar-refractivity contribution < 1.29 is 18.3 Å². The lowest BCUT2D eigenvalue weighted by atomic mass is 10.2. The molecule has 0 unspecified atom stereocenters. The number of nitrogens with one attached hydrogen (secondary N) is 1. The molecule has 0 saturated heterocycles. The molecule has 0 fully saturated rings. The van der Waals surface area contributed by atoms with Crippen molar-refractivity contribution in [2.24, 2.45) is 0 Å². The second-order valence-electron chi connectivity index (χ2n) is 5.41. The molecule has 0 aliphatic rings. The Morgan fingerprint density at radius 2 is 2.04 bits per heavy atom. The number of hydrogen-bond donors (Lipinski definition) is 1. The van der Waals surface area contributed by atoms with Crippen molar-refractivity contribution in [2.45, 2.75) is 23.6 Å². The van der Waals surface area contributed by atoms with Crippen LogP contribution in [-0.2, 0) is 11.3 Å². The van der Waals surface area contributed by atoms with Gasteiger partial charge in [-0.05, 0) is 30.0 Å². The number of carbonyl (C=O) groups is 1. The zero-order valence-corrected chi connectivity index (χ0v) is 15.4. The first kappa shape index (κ1) is 19.3. The molecule has 3 rings (SSSR count). The van der Waals surface area contributed by atoms with Crippen LogP contribution in [0.25, 0.3) is 10.9 Å². The number of hydrogen-bond acceptors (Lipinski definition) is 6. The Labute approximate surface area is 159 Å². The number of halogens is 2. The Balaban J connectivity index is 1.62. The predicted octanol–water partition coefficient (Wildman–Crippen LogP) is 3.31. The van der Waals surface area contributed by atoms with E-state index in [0.717, 1.165) is 15.9 Å². The van der Waals surface area contributed by atoms with E-state index in [1.165, 1.54) is 11.4 Å². The summed E-state index contributed by atoms with van der Waals surface area (Å²) in [5, 5.41) is 1.93. The van der Waals surface area contributed by atoms with Crippen LogP contribution >= 0.6 is 23.1 Å². The van der Waals surface area contributed by atoms with Crippen LogP contribution < -0.4 is 11.2 Å². The second-order valence-corrected chi connectivity index (χ2v) is 7.36. The van der Waals surface area contributed by atoms with E-state index >= 15 is 0 Å². The third kappa shape index (κ3) is 4.45. The van der Waals surface area contributed by atoms with Gasteiger partial charge in [0.2, 0.25) is 0 Å². The minimum Gasteiger partial charge on any atom is -0.461 e. The van der Waals surface area contributed by atoms with Crippen LogP contribution in [0.2, 0.25) is 0 Å². The fraction of sp³-hybridized carbons (Fsp3) is 0.235. The van der Waals surface area contributed by atoms with Gasteiger partial charge in [-0.3, -0.25) is 9.36 Å². The molecule has 1 aromatic carbocycles. The highest BCUT2D eigenvalue weighted by Gasteiger charge is 2.18. The van der Waals surface area contributed by atoms with Gasteiger partial charge in [-0.1, -0.05) is 23.9 Å². The summed E-state index contributed by atoms with van der Waals surface area (Å²) in [7, 11) is 0. The van der Waals surface area contributed by atoms with Gasteiger partial charge >= 0.3 is 11.7 Å². The maximum atomic E-state index is 12.5. The van der Waals surface area contributed by atoms with E-state index in [9.17, 15) is 23.2 Å². The highest BCUT2D eigenvalue weighted by Crippen LogP contribution is 2.32. The first-order valence-electron chi connectivity index (χ1n) is 7.88. The molecule has 0 saturated carbocycles. The van der Waals surface area contributed by atoms with E-state index in [2.05, 4.69) is 4.98 Å². The molecule has 0 spiro atoms. The number of alkyl halides is 2. The van der Waals surface area contributed by atoms with Gasteiger partial charge in [-0.2, -0.15) is 8.78 Å². The summed E-state index contributed by atoms with van der Waals surface area (Å²) >= 11 is 1.31. The largest absolute Gasteiger partial charge is 0.461 e. The number of rotatable bonds is 7. The van der Waals surface area contributed by atoms with E-state index in [1.54, 1.807) is 24.3 Å². The topological polar surface area (TPSA) is 81.2 Å². The molecule has 0 atom stereocenters. The van der Waals surface area contributed by atoms with Gasteiger partial charge in [0.1, 0.15) is 4.88 Å². The van der Waals surface area contributed by atoms with Gasteiger partial charge in [-0.25, -0.2) is 9.59 Å². The Hall–Kier alpha value is -2.46. The highest BCUT2D eigenvalue weighted by molar-refractivity contribution is 7.99. The van der Waals surface area contributed by atoms with Gasteiger partial charge in [0.15, 0.2) is 0 Å². The number of carbonyl (C=O) groups excluding carboxylic acids is 1. The molecule has 0 amide bonds. The van der Waals surface area contributed by atoms with Crippen molar-refractivity contribution in [3.63, 3.8) is 0 Å². The van der Waals surface area contributed by atoms with E-state index in [1.807, 2.05) is 0 Å². The summed E-state index contributed by atoms with van der Waals surface area (Å²) in [5.74, 6) is -3.33.